The first-order valence-electron chi connectivity index (χ1n) is 6.73. The Morgan fingerprint density at radius 2 is 2.21 bits per heavy atom. The van der Waals surface area contributed by atoms with E-state index in [1.165, 1.54) is 0 Å². The normalized spacial score (nSPS) is 22.2. The third-order valence-electron chi connectivity index (χ3n) is 3.41. The number of nitrogens with zero attached hydrogens (tertiary/aromatic N) is 1. The highest BCUT2D eigenvalue weighted by Crippen LogP contribution is 2.37. The molecule has 1 aliphatic rings. The molecule has 0 aliphatic heterocycles. The van der Waals surface area contributed by atoms with E-state index < -0.39 is 10.0 Å². The standard InChI is InChI=1S/C13H21N3O2S/c1-3-6-14-13-12(5-4-7-15-13)19(17,18)16-9-11-8-10(11)2/h4-5,7,10-11,16H,3,6,8-9H2,1-2H3,(H,14,15). The van der Waals surface area contributed by atoms with Gasteiger partial charge in [0.25, 0.3) is 0 Å². The van der Waals surface area contributed by atoms with Crippen LogP contribution in [-0.4, -0.2) is 26.5 Å². The molecule has 0 radical (unpaired) electrons. The van der Waals surface area contributed by atoms with Crippen LogP contribution in [0.3, 0.4) is 0 Å². The van der Waals surface area contributed by atoms with Gasteiger partial charge in [-0.2, -0.15) is 0 Å². The van der Waals surface area contributed by atoms with Crippen LogP contribution in [0.4, 0.5) is 5.82 Å². The fourth-order valence-corrected chi connectivity index (χ4v) is 3.19. The van der Waals surface area contributed by atoms with Crippen molar-refractivity contribution in [3.8, 4) is 0 Å². The minimum atomic E-state index is -3.47. The molecule has 0 saturated heterocycles. The van der Waals surface area contributed by atoms with Crippen LogP contribution in [0.5, 0.6) is 0 Å². The first kappa shape index (κ1) is 14.3. The maximum absolute atomic E-state index is 12.3. The molecule has 2 atom stereocenters. The quantitative estimate of drug-likeness (QED) is 0.801. The SMILES string of the molecule is CCCNc1ncccc1S(=O)(=O)NCC1CC1C. The molecular formula is C13H21N3O2S. The molecule has 19 heavy (non-hydrogen) atoms. The number of sulfonamides is 1. The van der Waals surface area contributed by atoms with E-state index in [1.807, 2.05) is 6.92 Å². The maximum atomic E-state index is 12.3. The minimum Gasteiger partial charge on any atom is -0.369 e. The second-order valence-corrected chi connectivity index (χ2v) is 6.84. The molecule has 1 aromatic heterocycles. The molecule has 2 rings (SSSR count). The summed E-state index contributed by atoms with van der Waals surface area (Å²) >= 11 is 0. The largest absolute Gasteiger partial charge is 0.369 e. The molecule has 2 unspecified atom stereocenters. The third kappa shape index (κ3) is 3.67. The molecule has 6 heteroatoms. The number of anilines is 1. The molecule has 0 aromatic carbocycles. The Hall–Kier alpha value is -1.14. The lowest BCUT2D eigenvalue weighted by molar-refractivity contribution is 0.574. The topological polar surface area (TPSA) is 71.1 Å². The monoisotopic (exact) mass is 283 g/mol. The van der Waals surface area contributed by atoms with E-state index in [1.54, 1.807) is 18.3 Å². The molecule has 0 spiro atoms. The highest BCUT2D eigenvalue weighted by atomic mass is 32.2. The summed E-state index contributed by atoms with van der Waals surface area (Å²) in [6, 6.07) is 3.23. The first-order chi connectivity index (χ1) is 9.04. The van der Waals surface area contributed by atoms with Gasteiger partial charge in [0, 0.05) is 19.3 Å². The smallest absolute Gasteiger partial charge is 0.244 e. The molecule has 1 saturated carbocycles. The lowest BCUT2D eigenvalue weighted by atomic mass is 10.3. The Balaban J connectivity index is 2.09. The molecule has 1 aromatic rings. The summed E-state index contributed by atoms with van der Waals surface area (Å²) in [7, 11) is -3.47. The van der Waals surface area contributed by atoms with Crippen LogP contribution < -0.4 is 10.0 Å². The summed E-state index contributed by atoms with van der Waals surface area (Å²) in [5, 5.41) is 3.05. The van der Waals surface area contributed by atoms with Gasteiger partial charge in [-0.25, -0.2) is 18.1 Å². The molecule has 106 valence electrons. The molecule has 2 N–H and O–H groups in total. The van der Waals surface area contributed by atoms with Gasteiger partial charge in [-0.1, -0.05) is 13.8 Å². The van der Waals surface area contributed by atoms with E-state index in [9.17, 15) is 8.42 Å². The van der Waals surface area contributed by atoms with Gasteiger partial charge in [-0.15, -0.1) is 0 Å². The highest BCUT2D eigenvalue weighted by Gasteiger charge is 2.33. The number of nitrogens with one attached hydrogen (secondary N) is 2. The molecule has 1 aliphatic carbocycles. The Labute approximate surface area is 114 Å². The van der Waals surface area contributed by atoms with Gasteiger partial charge in [0.2, 0.25) is 10.0 Å². The zero-order valence-corrected chi connectivity index (χ0v) is 12.2. The summed E-state index contributed by atoms with van der Waals surface area (Å²) in [6.07, 6.45) is 3.62. The van der Waals surface area contributed by atoms with Crippen LogP contribution in [-0.2, 0) is 10.0 Å². The Morgan fingerprint density at radius 3 is 2.84 bits per heavy atom. The van der Waals surface area contributed by atoms with Gasteiger partial charge < -0.3 is 5.32 Å². The van der Waals surface area contributed by atoms with Crippen LogP contribution in [0.25, 0.3) is 0 Å². The number of aromatic nitrogens is 1. The van der Waals surface area contributed by atoms with Gasteiger partial charge >= 0.3 is 0 Å². The van der Waals surface area contributed by atoms with Crippen LogP contribution in [0.15, 0.2) is 23.2 Å². The lowest BCUT2D eigenvalue weighted by Crippen LogP contribution is -2.27. The van der Waals surface area contributed by atoms with E-state index in [0.29, 0.717) is 30.7 Å². The zero-order chi connectivity index (χ0) is 13.9. The second kappa shape index (κ2) is 5.88. The predicted octanol–water partition coefficient (Wildman–Crippen LogP) is 1.84. The van der Waals surface area contributed by atoms with Crippen molar-refractivity contribution in [2.45, 2.75) is 31.6 Å². The summed E-state index contributed by atoms with van der Waals surface area (Å²) in [5.41, 5.74) is 0. The molecular weight excluding hydrogens is 262 g/mol. The number of hydrogen-bond acceptors (Lipinski definition) is 4. The fourth-order valence-electron chi connectivity index (χ4n) is 1.96. The fraction of sp³-hybridized carbons (Fsp3) is 0.615. The Morgan fingerprint density at radius 1 is 1.47 bits per heavy atom. The van der Waals surface area contributed by atoms with E-state index in [-0.39, 0.29) is 4.90 Å². The molecule has 0 amide bonds. The van der Waals surface area contributed by atoms with E-state index in [4.69, 9.17) is 0 Å². The summed E-state index contributed by atoms with van der Waals surface area (Å²) in [4.78, 5) is 4.34. The number of hydrogen-bond donors (Lipinski definition) is 2. The number of rotatable bonds is 7. The summed E-state index contributed by atoms with van der Waals surface area (Å²) < 4.78 is 27.2. The van der Waals surface area contributed by atoms with Gasteiger partial charge in [0.15, 0.2) is 0 Å². The van der Waals surface area contributed by atoms with Crippen molar-refractivity contribution in [1.29, 1.82) is 0 Å². The summed E-state index contributed by atoms with van der Waals surface area (Å²) in [5.74, 6) is 1.55. The maximum Gasteiger partial charge on any atom is 0.244 e. The van der Waals surface area contributed by atoms with Crippen LogP contribution in [0.1, 0.15) is 26.7 Å². The highest BCUT2D eigenvalue weighted by molar-refractivity contribution is 7.89. The molecule has 1 heterocycles. The van der Waals surface area contributed by atoms with Crippen molar-refractivity contribution in [3.05, 3.63) is 18.3 Å². The average Bonchev–Trinajstić information content (AvgIpc) is 3.10. The van der Waals surface area contributed by atoms with E-state index in [2.05, 4.69) is 21.9 Å². The van der Waals surface area contributed by atoms with Crippen LogP contribution >= 0.6 is 0 Å². The van der Waals surface area contributed by atoms with Crippen molar-refractivity contribution in [2.75, 3.05) is 18.4 Å². The van der Waals surface area contributed by atoms with E-state index >= 15 is 0 Å². The Bertz CT molecular complexity index is 530. The van der Waals surface area contributed by atoms with Crippen LogP contribution in [0.2, 0.25) is 0 Å². The van der Waals surface area contributed by atoms with Crippen molar-refractivity contribution < 1.29 is 8.42 Å². The minimum absolute atomic E-state index is 0.233. The first-order valence-corrected chi connectivity index (χ1v) is 8.21. The van der Waals surface area contributed by atoms with Crippen LogP contribution in [0, 0.1) is 11.8 Å². The third-order valence-corrected chi connectivity index (χ3v) is 4.87. The van der Waals surface area contributed by atoms with Gasteiger partial charge in [0.1, 0.15) is 10.7 Å². The van der Waals surface area contributed by atoms with Crippen molar-refractivity contribution in [1.82, 2.24) is 9.71 Å². The van der Waals surface area contributed by atoms with E-state index in [0.717, 1.165) is 12.8 Å². The summed E-state index contributed by atoms with van der Waals surface area (Å²) in [6.45, 7) is 5.39. The Kier molecular flexibility index (Phi) is 4.42. The molecule has 0 bridgehead atoms. The average molecular weight is 283 g/mol. The van der Waals surface area contributed by atoms with Gasteiger partial charge in [-0.05, 0) is 36.8 Å². The number of pyridine rings is 1. The predicted molar refractivity (Wildman–Crippen MR) is 75.5 cm³/mol. The van der Waals surface area contributed by atoms with Crippen molar-refractivity contribution in [3.63, 3.8) is 0 Å². The molecule has 5 nitrogen and oxygen atoms in total. The van der Waals surface area contributed by atoms with Gasteiger partial charge in [0.05, 0.1) is 0 Å². The molecule has 1 fully saturated rings. The second-order valence-electron chi connectivity index (χ2n) is 5.10. The zero-order valence-electron chi connectivity index (χ0n) is 11.4. The lowest BCUT2D eigenvalue weighted by Gasteiger charge is -2.11. The van der Waals surface area contributed by atoms with Crippen molar-refractivity contribution in [2.24, 2.45) is 11.8 Å². The van der Waals surface area contributed by atoms with Gasteiger partial charge in [-0.3, -0.25) is 0 Å². The van der Waals surface area contributed by atoms with Crippen molar-refractivity contribution >= 4 is 15.8 Å².